The highest BCUT2D eigenvalue weighted by Crippen LogP contribution is 2.21. The zero-order chi connectivity index (χ0) is 14.8. The maximum absolute atomic E-state index is 13.6. The van der Waals surface area contributed by atoms with E-state index >= 15 is 0 Å². The number of pyridine rings is 1. The van der Waals surface area contributed by atoms with E-state index in [1.54, 1.807) is 30.6 Å². The molecule has 0 aliphatic heterocycles. The summed E-state index contributed by atoms with van der Waals surface area (Å²) in [6, 6.07) is 10.5. The number of hydrogen-bond acceptors (Lipinski definition) is 2. The Bertz CT molecular complexity index is 804. The molecule has 1 aromatic heterocycles. The second kappa shape index (κ2) is 5.40. The van der Waals surface area contributed by atoms with Crippen LogP contribution in [0, 0.1) is 11.6 Å². The zero-order valence-electron chi connectivity index (χ0n) is 11.0. The number of halogens is 2. The van der Waals surface area contributed by atoms with Gasteiger partial charge < -0.3 is 0 Å². The quantitative estimate of drug-likeness (QED) is 0.681. The van der Waals surface area contributed by atoms with Crippen molar-refractivity contribution in [2.24, 2.45) is 0 Å². The second-order valence-electron chi connectivity index (χ2n) is 4.70. The highest BCUT2D eigenvalue weighted by Gasteiger charge is 2.16. The molecule has 3 aromatic rings. The van der Waals surface area contributed by atoms with Crippen LogP contribution in [0.25, 0.3) is 10.8 Å². The molecule has 0 aliphatic rings. The van der Waals surface area contributed by atoms with Gasteiger partial charge in [0, 0.05) is 35.3 Å². The molecule has 0 atom stereocenters. The van der Waals surface area contributed by atoms with Crippen LogP contribution in [-0.4, -0.2) is 10.8 Å². The lowest BCUT2D eigenvalue weighted by Crippen LogP contribution is -2.08. The average Bonchev–Trinajstić information content (AvgIpc) is 2.50. The van der Waals surface area contributed by atoms with E-state index in [4.69, 9.17) is 0 Å². The molecule has 0 spiro atoms. The van der Waals surface area contributed by atoms with E-state index in [2.05, 4.69) is 4.98 Å². The van der Waals surface area contributed by atoms with Crippen molar-refractivity contribution in [1.29, 1.82) is 0 Å². The molecule has 0 bridgehead atoms. The molecule has 0 aliphatic carbocycles. The average molecular weight is 283 g/mol. The Kier molecular flexibility index (Phi) is 3.44. The van der Waals surface area contributed by atoms with Crippen LogP contribution in [0.3, 0.4) is 0 Å². The largest absolute Gasteiger partial charge is 0.294 e. The van der Waals surface area contributed by atoms with Crippen molar-refractivity contribution in [3.05, 3.63) is 77.6 Å². The molecule has 2 aromatic carbocycles. The van der Waals surface area contributed by atoms with Gasteiger partial charge in [0.25, 0.3) is 0 Å². The Morgan fingerprint density at radius 3 is 2.48 bits per heavy atom. The lowest BCUT2D eigenvalue weighted by molar-refractivity contribution is 0.0992. The monoisotopic (exact) mass is 283 g/mol. The molecule has 0 unspecified atom stereocenters. The number of benzene rings is 2. The number of rotatable bonds is 3. The van der Waals surface area contributed by atoms with Gasteiger partial charge in [-0.15, -0.1) is 0 Å². The Morgan fingerprint density at radius 2 is 1.71 bits per heavy atom. The van der Waals surface area contributed by atoms with Gasteiger partial charge in [0.15, 0.2) is 5.78 Å². The number of ketones is 1. The van der Waals surface area contributed by atoms with E-state index in [0.717, 1.165) is 22.9 Å². The van der Waals surface area contributed by atoms with Crippen LogP contribution in [0.5, 0.6) is 0 Å². The van der Waals surface area contributed by atoms with E-state index in [9.17, 15) is 13.6 Å². The molecular formula is C17H11F2NO. The summed E-state index contributed by atoms with van der Waals surface area (Å²) >= 11 is 0. The van der Waals surface area contributed by atoms with E-state index in [1.807, 2.05) is 6.07 Å². The number of Topliss-reactive ketones (excluding diaryl/α,β-unsaturated/α-hetero) is 1. The fraction of sp³-hybridized carbons (Fsp3) is 0.0588. The van der Waals surface area contributed by atoms with Crippen molar-refractivity contribution in [3.63, 3.8) is 0 Å². The topological polar surface area (TPSA) is 30.0 Å². The summed E-state index contributed by atoms with van der Waals surface area (Å²) in [7, 11) is 0. The van der Waals surface area contributed by atoms with Gasteiger partial charge in [-0.05, 0) is 23.6 Å². The van der Waals surface area contributed by atoms with Crippen LogP contribution < -0.4 is 0 Å². The van der Waals surface area contributed by atoms with Crippen molar-refractivity contribution in [2.75, 3.05) is 0 Å². The van der Waals surface area contributed by atoms with Crippen molar-refractivity contribution in [3.8, 4) is 0 Å². The molecular weight excluding hydrogens is 272 g/mol. The molecule has 0 N–H and O–H groups in total. The van der Waals surface area contributed by atoms with E-state index < -0.39 is 11.6 Å². The van der Waals surface area contributed by atoms with Crippen LogP contribution in [0.1, 0.15) is 15.9 Å². The number of carbonyl (C=O) groups is 1. The number of aromatic nitrogens is 1. The SMILES string of the molecule is O=C(Cc1c(F)cccc1F)c1cccc2cnccc12. The molecule has 0 saturated heterocycles. The highest BCUT2D eigenvalue weighted by molar-refractivity contribution is 6.08. The van der Waals surface area contributed by atoms with Crippen LogP contribution >= 0.6 is 0 Å². The molecule has 0 fully saturated rings. The van der Waals surface area contributed by atoms with Crippen molar-refractivity contribution in [1.82, 2.24) is 4.98 Å². The first-order chi connectivity index (χ1) is 10.2. The Balaban J connectivity index is 2.02. The first-order valence-electron chi connectivity index (χ1n) is 6.45. The minimum Gasteiger partial charge on any atom is -0.294 e. The fourth-order valence-corrected chi connectivity index (χ4v) is 2.32. The summed E-state index contributed by atoms with van der Waals surface area (Å²) < 4.78 is 27.3. The normalized spacial score (nSPS) is 10.8. The van der Waals surface area contributed by atoms with Crippen LogP contribution in [0.4, 0.5) is 8.78 Å². The second-order valence-corrected chi connectivity index (χ2v) is 4.70. The molecule has 1 heterocycles. The summed E-state index contributed by atoms with van der Waals surface area (Å²) in [4.78, 5) is 16.4. The van der Waals surface area contributed by atoms with Gasteiger partial charge in [-0.1, -0.05) is 24.3 Å². The summed E-state index contributed by atoms with van der Waals surface area (Å²) in [6.45, 7) is 0. The maximum Gasteiger partial charge on any atom is 0.168 e. The van der Waals surface area contributed by atoms with Crippen molar-refractivity contribution >= 4 is 16.6 Å². The van der Waals surface area contributed by atoms with Gasteiger partial charge in [-0.2, -0.15) is 0 Å². The predicted octanol–water partition coefficient (Wildman–Crippen LogP) is 3.94. The molecule has 104 valence electrons. The van der Waals surface area contributed by atoms with Gasteiger partial charge in [-0.3, -0.25) is 9.78 Å². The van der Waals surface area contributed by atoms with Gasteiger partial charge >= 0.3 is 0 Å². The third kappa shape index (κ3) is 2.52. The third-order valence-corrected chi connectivity index (χ3v) is 3.38. The first-order valence-corrected chi connectivity index (χ1v) is 6.45. The van der Waals surface area contributed by atoms with Crippen LogP contribution in [0.15, 0.2) is 54.9 Å². The minimum atomic E-state index is -0.703. The predicted molar refractivity (Wildman–Crippen MR) is 76.1 cm³/mol. The summed E-state index contributed by atoms with van der Waals surface area (Å²) in [5, 5.41) is 1.55. The van der Waals surface area contributed by atoms with Gasteiger partial charge in [0.05, 0.1) is 0 Å². The van der Waals surface area contributed by atoms with Crippen LogP contribution in [0.2, 0.25) is 0 Å². The maximum atomic E-state index is 13.6. The molecule has 21 heavy (non-hydrogen) atoms. The zero-order valence-corrected chi connectivity index (χ0v) is 11.0. The number of carbonyl (C=O) groups excluding carboxylic acids is 1. The van der Waals surface area contributed by atoms with Gasteiger partial charge in [0.1, 0.15) is 11.6 Å². The molecule has 0 radical (unpaired) electrons. The molecule has 0 saturated carbocycles. The standard InChI is InChI=1S/C17H11F2NO/c18-15-5-2-6-16(19)14(15)9-17(21)13-4-1-3-11-10-20-8-7-12(11)13/h1-8,10H,9H2. The molecule has 3 rings (SSSR count). The number of fused-ring (bicyclic) bond motifs is 1. The summed E-state index contributed by atoms with van der Waals surface area (Å²) in [5.41, 5.74) is 0.242. The first kappa shape index (κ1) is 13.4. The summed E-state index contributed by atoms with van der Waals surface area (Å²) in [5.74, 6) is -1.73. The van der Waals surface area contributed by atoms with Crippen LogP contribution in [-0.2, 0) is 6.42 Å². The Hall–Kier alpha value is -2.62. The molecule has 0 amide bonds. The van der Waals surface area contributed by atoms with Crippen molar-refractivity contribution < 1.29 is 13.6 Å². The van der Waals surface area contributed by atoms with E-state index in [-0.39, 0.29) is 17.8 Å². The lowest BCUT2D eigenvalue weighted by Gasteiger charge is -2.07. The lowest BCUT2D eigenvalue weighted by atomic mass is 9.98. The Morgan fingerprint density at radius 1 is 1.00 bits per heavy atom. The molecule has 4 heteroatoms. The van der Waals surface area contributed by atoms with E-state index in [0.29, 0.717) is 5.56 Å². The number of nitrogens with zero attached hydrogens (tertiary/aromatic N) is 1. The highest BCUT2D eigenvalue weighted by atomic mass is 19.1. The molecule has 2 nitrogen and oxygen atoms in total. The van der Waals surface area contributed by atoms with Gasteiger partial charge in [0.2, 0.25) is 0 Å². The smallest absolute Gasteiger partial charge is 0.168 e. The van der Waals surface area contributed by atoms with Gasteiger partial charge in [-0.25, -0.2) is 8.78 Å². The third-order valence-electron chi connectivity index (χ3n) is 3.38. The van der Waals surface area contributed by atoms with Crippen molar-refractivity contribution in [2.45, 2.75) is 6.42 Å². The fourth-order valence-electron chi connectivity index (χ4n) is 2.32. The van der Waals surface area contributed by atoms with E-state index in [1.165, 1.54) is 6.07 Å². The Labute approximate surface area is 120 Å². The minimum absolute atomic E-state index is 0.200. The number of hydrogen-bond donors (Lipinski definition) is 0. The summed E-state index contributed by atoms with van der Waals surface area (Å²) in [6.07, 6.45) is 2.93.